The van der Waals surface area contributed by atoms with Crippen molar-refractivity contribution < 1.29 is 25.2 Å². The van der Waals surface area contributed by atoms with Gasteiger partial charge in [-0.1, -0.05) is 30.3 Å². The molecule has 0 amide bonds. The molecule has 1 heterocycles. The van der Waals surface area contributed by atoms with Gasteiger partial charge in [0, 0.05) is 19.2 Å². The zero-order chi connectivity index (χ0) is 15.2. The Morgan fingerprint density at radius 3 is 2.29 bits per heavy atom. The lowest BCUT2D eigenvalue weighted by molar-refractivity contribution is -0.0220. The first kappa shape index (κ1) is 16.4. The number of hydrogen-bond donors (Lipinski definition) is 5. The van der Waals surface area contributed by atoms with Crippen molar-refractivity contribution in [3.05, 3.63) is 35.9 Å². The molecule has 1 saturated heterocycles. The third kappa shape index (κ3) is 4.00. The van der Waals surface area contributed by atoms with Gasteiger partial charge in [0.2, 0.25) is 0 Å². The molecule has 0 spiro atoms. The molecule has 0 aliphatic carbocycles. The van der Waals surface area contributed by atoms with E-state index in [0.29, 0.717) is 13.0 Å². The van der Waals surface area contributed by atoms with Gasteiger partial charge in [0.15, 0.2) is 0 Å². The molecule has 1 aromatic rings. The van der Waals surface area contributed by atoms with E-state index in [1.807, 2.05) is 30.3 Å². The summed E-state index contributed by atoms with van der Waals surface area (Å²) >= 11 is 0. The Balaban J connectivity index is 1.93. The van der Waals surface area contributed by atoms with Crippen LogP contribution in [-0.4, -0.2) is 64.6 Å². The van der Waals surface area contributed by atoms with Gasteiger partial charge < -0.3 is 30.5 Å². The average molecular weight is 297 g/mol. The summed E-state index contributed by atoms with van der Waals surface area (Å²) in [5, 5.41) is 41.1. The quantitative estimate of drug-likeness (QED) is 0.451. The maximum absolute atomic E-state index is 9.90. The van der Waals surface area contributed by atoms with Crippen LogP contribution in [0.4, 0.5) is 0 Å². The summed E-state index contributed by atoms with van der Waals surface area (Å²) in [7, 11) is 0. The number of ether oxygens (including phenoxy) is 1. The van der Waals surface area contributed by atoms with Crippen LogP contribution in [0, 0.1) is 0 Å². The maximum Gasteiger partial charge on any atom is 0.111 e. The minimum absolute atomic E-state index is 0.0442. The van der Waals surface area contributed by atoms with Crippen LogP contribution >= 0.6 is 0 Å². The van der Waals surface area contributed by atoms with Crippen molar-refractivity contribution in [3.63, 3.8) is 0 Å². The Kier molecular flexibility index (Phi) is 6.10. The number of aliphatic hydroxyl groups is 4. The molecule has 5 atom stereocenters. The highest BCUT2D eigenvalue weighted by Gasteiger charge is 2.42. The Morgan fingerprint density at radius 2 is 1.71 bits per heavy atom. The van der Waals surface area contributed by atoms with Crippen molar-refractivity contribution in [3.8, 4) is 0 Å². The van der Waals surface area contributed by atoms with Gasteiger partial charge in [-0.25, -0.2) is 0 Å². The number of aliphatic hydroxyl groups excluding tert-OH is 4. The van der Waals surface area contributed by atoms with Gasteiger partial charge in [-0.2, -0.15) is 0 Å². The first-order chi connectivity index (χ1) is 10.2. The first-order valence-corrected chi connectivity index (χ1v) is 7.19. The summed E-state index contributed by atoms with van der Waals surface area (Å²) in [6.07, 6.45) is -2.89. The zero-order valence-electron chi connectivity index (χ0n) is 11.8. The van der Waals surface area contributed by atoms with Crippen molar-refractivity contribution in [2.75, 3.05) is 19.8 Å². The number of benzene rings is 1. The standard InChI is InChI=1S/C15H23NO5/c17-7-6-11(10-4-2-1-3-5-10)16-8-12-14(19)15(20)13(9-18)21-12/h1-5,11-20H,6-9H2/t11?,12-,13-,14-,15-/m1/s1. The summed E-state index contributed by atoms with van der Waals surface area (Å²) in [5.74, 6) is 0. The second-order valence-corrected chi connectivity index (χ2v) is 5.26. The molecule has 0 bridgehead atoms. The van der Waals surface area contributed by atoms with Gasteiger partial charge >= 0.3 is 0 Å². The molecule has 0 saturated carbocycles. The fourth-order valence-electron chi connectivity index (χ4n) is 2.60. The fourth-order valence-corrected chi connectivity index (χ4v) is 2.60. The van der Waals surface area contributed by atoms with E-state index in [1.54, 1.807) is 0 Å². The molecule has 6 heteroatoms. The molecular weight excluding hydrogens is 274 g/mol. The van der Waals surface area contributed by atoms with Gasteiger partial charge in [-0.05, 0) is 12.0 Å². The molecule has 1 aromatic carbocycles. The van der Waals surface area contributed by atoms with Crippen molar-refractivity contribution in [1.29, 1.82) is 0 Å². The second-order valence-electron chi connectivity index (χ2n) is 5.26. The predicted molar refractivity (Wildman–Crippen MR) is 76.6 cm³/mol. The molecular formula is C15H23NO5. The molecule has 1 unspecified atom stereocenters. The molecule has 2 rings (SSSR count). The van der Waals surface area contributed by atoms with E-state index < -0.39 is 24.4 Å². The molecule has 5 N–H and O–H groups in total. The first-order valence-electron chi connectivity index (χ1n) is 7.19. The lowest BCUT2D eigenvalue weighted by Gasteiger charge is -2.22. The molecule has 0 radical (unpaired) electrons. The molecule has 0 aromatic heterocycles. The highest BCUT2D eigenvalue weighted by molar-refractivity contribution is 5.18. The molecule has 1 aliphatic rings. The molecule has 1 aliphatic heterocycles. The Labute approximate surface area is 124 Å². The van der Waals surface area contributed by atoms with Crippen LogP contribution in [-0.2, 0) is 4.74 Å². The van der Waals surface area contributed by atoms with E-state index in [9.17, 15) is 15.3 Å². The average Bonchev–Trinajstić information content (AvgIpc) is 2.80. The number of rotatable bonds is 7. The van der Waals surface area contributed by atoms with Crippen molar-refractivity contribution in [2.24, 2.45) is 0 Å². The molecule has 6 nitrogen and oxygen atoms in total. The third-order valence-corrected chi connectivity index (χ3v) is 3.83. The summed E-state index contributed by atoms with van der Waals surface area (Å²) in [5.41, 5.74) is 1.04. The Bertz CT molecular complexity index is 416. The number of nitrogens with one attached hydrogen (secondary N) is 1. The summed E-state index contributed by atoms with van der Waals surface area (Å²) in [6, 6.07) is 9.64. The van der Waals surface area contributed by atoms with Gasteiger partial charge in [-0.15, -0.1) is 0 Å². The second kappa shape index (κ2) is 7.84. The third-order valence-electron chi connectivity index (χ3n) is 3.83. The lowest BCUT2D eigenvalue weighted by atomic mass is 10.0. The summed E-state index contributed by atoms with van der Waals surface area (Å²) in [4.78, 5) is 0. The Hall–Kier alpha value is -1.02. The van der Waals surface area contributed by atoms with Crippen LogP contribution in [0.15, 0.2) is 30.3 Å². The van der Waals surface area contributed by atoms with E-state index in [4.69, 9.17) is 9.84 Å². The van der Waals surface area contributed by atoms with E-state index in [0.717, 1.165) is 5.56 Å². The maximum atomic E-state index is 9.90. The minimum atomic E-state index is -1.07. The van der Waals surface area contributed by atoms with Crippen molar-refractivity contribution in [1.82, 2.24) is 5.32 Å². The van der Waals surface area contributed by atoms with Crippen LogP contribution in [0.3, 0.4) is 0 Å². The predicted octanol–water partition coefficient (Wildman–Crippen LogP) is -0.819. The van der Waals surface area contributed by atoms with Crippen molar-refractivity contribution >= 4 is 0 Å². The van der Waals surface area contributed by atoms with Gasteiger partial charge in [-0.3, -0.25) is 0 Å². The topological polar surface area (TPSA) is 102 Å². The molecule has 118 valence electrons. The number of hydrogen-bond acceptors (Lipinski definition) is 6. The van der Waals surface area contributed by atoms with Crippen LogP contribution in [0.5, 0.6) is 0 Å². The fraction of sp³-hybridized carbons (Fsp3) is 0.600. The highest BCUT2D eigenvalue weighted by Crippen LogP contribution is 2.22. The highest BCUT2D eigenvalue weighted by atomic mass is 16.6. The van der Waals surface area contributed by atoms with Crippen LogP contribution in [0.2, 0.25) is 0 Å². The van der Waals surface area contributed by atoms with E-state index in [1.165, 1.54) is 0 Å². The van der Waals surface area contributed by atoms with Crippen LogP contribution in [0.25, 0.3) is 0 Å². The molecule has 1 fully saturated rings. The van der Waals surface area contributed by atoms with Gasteiger partial charge in [0.1, 0.15) is 18.3 Å². The Morgan fingerprint density at radius 1 is 1.05 bits per heavy atom. The monoisotopic (exact) mass is 297 g/mol. The van der Waals surface area contributed by atoms with Gasteiger partial charge in [0.05, 0.1) is 12.7 Å². The minimum Gasteiger partial charge on any atom is -0.396 e. The summed E-state index contributed by atoms with van der Waals surface area (Å²) in [6.45, 7) is 0.0459. The molecule has 21 heavy (non-hydrogen) atoms. The van der Waals surface area contributed by atoms with E-state index >= 15 is 0 Å². The normalized spacial score (nSPS) is 30.5. The zero-order valence-corrected chi connectivity index (χ0v) is 11.8. The van der Waals surface area contributed by atoms with E-state index in [-0.39, 0.29) is 19.3 Å². The van der Waals surface area contributed by atoms with Crippen LogP contribution < -0.4 is 5.32 Å². The van der Waals surface area contributed by atoms with Crippen LogP contribution in [0.1, 0.15) is 18.0 Å². The van der Waals surface area contributed by atoms with E-state index in [2.05, 4.69) is 5.32 Å². The SMILES string of the molecule is OCCC(NC[C@H]1O[C@H](CO)[C@@H](O)[C@@H]1O)c1ccccc1. The van der Waals surface area contributed by atoms with Gasteiger partial charge in [0.25, 0.3) is 0 Å². The lowest BCUT2D eigenvalue weighted by Crippen LogP contribution is -2.39. The smallest absolute Gasteiger partial charge is 0.111 e. The van der Waals surface area contributed by atoms with Crippen molar-refractivity contribution in [2.45, 2.75) is 36.9 Å². The summed E-state index contributed by atoms with van der Waals surface area (Å²) < 4.78 is 5.42. The largest absolute Gasteiger partial charge is 0.396 e.